The second kappa shape index (κ2) is 9.73. The maximum Gasteiger partial charge on any atom is 0.227 e. The van der Waals surface area contributed by atoms with Crippen molar-refractivity contribution in [1.29, 1.82) is 0 Å². The van der Waals surface area contributed by atoms with Crippen molar-refractivity contribution in [3.8, 4) is 5.75 Å². The summed E-state index contributed by atoms with van der Waals surface area (Å²) in [6.45, 7) is 4.48. The fourth-order valence-electron chi connectivity index (χ4n) is 2.53. The number of ether oxygens (including phenoxy) is 1. The molecule has 0 aliphatic heterocycles. The number of benzene rings is 2. The summed E-state index contributed by atoms with van der Waals surface area (Å²) in [5.74, 6) is 0.953. The van der Waals surface area contributed by atoms with E-state index in [1.807, 2.05) is 66.4 Å². The zero-order chi connectivity index (χ0) is 17.2. The van der Waals surface area contributed by atoms with Crippen LogP contribution in [0, 0.1) is 0 Å². The van der Waals surface area contributed by atoms with Gasteiger partial charge in [0.05, 0.1) is 13.0 Å². The molecule has 2 N–H and O–H groups in total. The molecule has 0 saturated carbocycles. The van der Waals surface area contributed by atoms with E-state index in [9.17, 15) is 4.79 Å². The molecule has 2 rings (SSSR count). The van der Waals surface area contributed by atoms with Gasteiger partial charge in [-0.25, -0.2) is 0 Å². The highest BCUT2D eigenvalue weighted by atomic mass is 16.5. The van der Waals surface area contributed by atoms with Gasteiger partial charge in [0.15, 0.2) is 0 Å². The summed E-state index contributed by atoms with van der Waals surface area (Å²) in [5.41, 5.74) is 7.74. The summed E-state index contributed by atoms with van der Waals surface area (Å²) in [6, 6.07) is 17.8. The summed E-state index contributed by atoms with van der Waals surface area (Å²) in [7, 11) is 0. The van der Waals surface area contributed by atoms with Gasteiger partial charge in [0.25, 0.3) is 0 Å². The van der Waals surface area contributed by atoms with Crippen LogP contribution in [0.15, 0.2) is 54.6 Å². The maximum atomic E-state index is 12.7. The smallest absolute Gasteiger partial charge is 0.227 e. The van der Waals surface area contributed by atoms with E-state index < -0.39 is 0 Å². The van der Waals surface area contributed by atoms with Crippen molar-refractivity contribution in [2.24, 2.45) is 5.73 Å². The molecule has 0 aromatic heterocycles. The molecule has 4 nitrogen and oxygen atoms in total. The molecule has 0 aliphatic carbocycles. The summed E-state index contributed by atoms with van der Waals surface area (Å²) >= 11 is 0. The third kappa shape index (κ3) is 5.70. The Morgan fingerprint density at radius 3 is 2.38 bits per heavy atom. The van der Waals surface area contributed by atoms with Crippen LogP contribution >= 0.6 is 0 Å². The number of nitrogens with two attached hydrogens (primary N) is 1. The Morgan fingerprint density at radius 1 is 1.04 bits per heavy atom. The van der Waals surface area contributed by atoms with Crippen molar-refractivity contribution in [2.45, 2.75) is 26.3 Å². The van der Waals surface area contributed by atoms with Gasteiger partial charge >= 0.3 is 0 Å². The maximum absolute atomic E-state index is 12.7. The standard InChI is InChI=1S/C20H26N2O2/c1-2-24-19-11-9-17(10-12-19)15-20(23)22(14-6-13-21)16-18-7-4-3-5-8-18/h3-5,7-12H,2,6,13-16,21H2,1H3. The molecule has 24 heavy (non-hydrogen) atoms. The second-order valence-corrected chi connectivity index (χ2v) is 5.70. The van der Waals surface area contributed by atoms with E-state index in [1.165, 1.54) is 0 Å². The Morgan fingerprint density at radius 2 is 1.75 bits per heavy atom. The molecule has 0 fully saturated rings. The van der Waals surface area contributed by atoms with Crippen LogP contribution in [0.3, 0.4) is 0 Å². The molecular weight excluding hydrogens is 300 g/mol. The van der Waals surface area contributed by atoms with Crippen molar-refractivity contribution >= 4 is 5.91 Å². The van der Waals surface area contributed by atoms with E-state index in [4.69, 9.17) is 10.5 Å². The van der Waals surface area contributed by atoms with Gasteiger partial charge in [-0.1, -0.05) is 42.5 Å². The van der Waals surface area contributed by atoms with Gasteiger partial charge in [0.2, 0.25) is 5.91 Å². The van der Waals surface area contributed by atoms with Gasteiger partial charge in [-0.2, -0.15) is 0 Å². The number of nitrogens with zero attached hydrogens (tertiary/aromatic N) is 1. The number of hydrogen-bond acceptors (Lipinski definition) is 3. The predicted molar refractivity (Wildman–Crippen MR) is 96.8 cm³/mol. The zero-order valence-electron chi connectivity index (χ0n) is 14.3. The number of carbonyl (C=O) groups excluding carboxylic acids is 1. The molecule has 0 spiro atoms. The Bertz CT molecular complexity index is 611. The van der Waals surface area contributed by atoms with E-state index in [0.717, 1.165) is 23.3 Å². The lowest BCUT2D eigenvalue weighted by Gasteiger charge is -2.23. The molecule has 0 aliphatic rings. The van der Waals surface area contributed by atoms with Crippen LogP contribution in [0.4, 0.5) is 0 Å². The highest BCUT2D eigenvalue weighted by Gasteiger charge is 2.14. The van der Waals surface area contributed by atoms with Crippen molar-refractivity contribution < 1.29 is 9.53 Å². The molecule has 2 aromatic rings. The van der Waals surface area contributed by atoms with Crippen LogP contribution in [0.25, 0.3) is 0 Å². The Hall–Kier alpha value is -2.33. The highest BCUT2D eigenvalue weighted by molar-refractivity contribution is 5.78. The second-order valence-electron chi connectivity index (χ2n) is 5.70. The Kier molecular flexibility index (Phi) is 7.30. The van der Waals surface area contributed by atoms with E-state index in [0.29, 0.717) is 32.7 Å². The molecule has 128 valence electrons. The lowest BCUT2D eigenvalue weighted by atomic mass is 10.1. The molecule has 4 heteroatoms. The monoisotopic (exact) mass is 326 g/mol. The number of amides is 1. The average Bonchev–Trinajstić information content (AvgIpc) is 2.61. The first-order chi connectivity index (χ1) is 11.7. The lowest BCUT2D eigenvalue weighted by Crippen LogP contribution is -2.33. The molecule has 0 heterocycles. The first-order valence-electron chi connectivity index (χ1n) is 8.46. The van der Waals surface area contributed by atoms with Gasteiger partial charge < -0.3 is 15.4 Å². The van der Waals surface area contributed by atoms with Crippen molar-refractivity contribution in [3.05, 3.63) is 65.7 Å². The van der Waals surface area contributed by atoms with Crippen LogP contribution in [0.5, 0.6) is 5.75 Å². The van der Waals surface area contributed by atoms with Crippen LogP contribution in [-0.4, -0.2) is 30.5 Å². The number of carbonyl (C=O) groups is 1. The van der Waals surface area contributed by atoms with Crippen LogP contribution in [0.2, 0.25) is 0 Å². The fraction of sp³-hybridized carbons (Fsp3) is 0.350. The van der Waals surface area contributed by atoms with Gasteiger partial charge in [0, 0.05) is 13.1 Å². The number of rotatable bonds is 9. The van der Waals surface area contributed by atoms with E-state index in [2.05, 4.69) is 0 Å². The van der Waals surface area contributed by atoms with Gasteiger partial charge in [-0.05, 0) is 43.1 Å². The highest BCUT2D eigenvalue weighted by Crippen LogP contribution is 2.14. The van der Waals surface area contributed by atoms with Crippen molar-refractivity contribution in [3.63, 3.8) is 0 Å². The zero-order valence-corrected chi connectivity index (χ0v) is 14.3. The third-order valence-corrected chi connectivity index (χ3v) is 3.79. The summed E-state index contributed by atoms with van der Waals surface area (Å²) in [4.78, 5) is 14.6. The van der Waals surface area contributed by atoms with Gasteiger partial charge in [-0.3, -0.25) is 4.79 Å². The first kappa shape index (κ1) is 18.0. The minimum Gasteiger partial charge on any atom is -0.494 e. The first-order valence-corrected chi connectivity index (χ1v) is 8.46. The normalized spacial score (nSPS) is 10.4. The quantitative estimate of drug-likeness (QED) is 0.771. The Labute approximate surface area is 144 Å². The summed E-state index contributed by atoms with van der Waals surface area (Å²) in [6.07, 6.45) is 1.20. The molecule has 2 aromatic carbocycles. The topological polar surface area (TPSA) is 55.6 Å². The largest absolute Gasteiger partial charge is 0.494 e. The van der Waals surface area contributed by atoms with Gasteiger partial charge in [0.1, 0.15) is 5.75 Å². The van der Waals surface area contributed by atoms with Gasteiger partial charge in [-0.15, -0.1) is 0 Å². The minimum absolute atomic E-state index is 0.122. The van der Waals surface area contributed by atoms with E-state index in [-0.39, 0.29) is 5.91 Å². The summed E-state index contributed by atoms with van der Waals surface area (Å²) < 4.78 is 5.44. The lowest BCUT2D eigenvalue weighted by molar-refractivity contribution is -0.131. The minimum atomic E-state index is 0.122. The molecule has 0 unspecified atom stereocenters. The SMILES string of the molecule is CCOc1ccc(CC(=O)N(CCCN)Cc2ccccc2)cc1. The average molecular weight is 326 g/mol. The molecule has 0 bridgehead atoms. The fourth-order valence-corrected chi connectivity index (χ4v) is 2.53. The van der Waals surface area contributed by atoms with Crippen molar-refractivity contribution in [2.75, 3.05) is 19.7 Å². The Balaban J connectivity index is 2.00. The van der Waals surface area contributed by atoms with Crippen molar-refractivity contribution in [1.82, 2.24) is 4.90 Å². The summed E-state index contributed by atoms with van der Waals surface area (Å²) in [5, 5.41) is 0. The molecule has 0 atom stereocenters. The predicted octanol–water partition coefficient (Wildman–Crippen LogP) is 3.01. The number of hydrogen-bond donors (Lipinski definition) is 1. The van der Waals surface area contributed by atoms with E-state index in [1.54, 1.807) is 0 Å². The molecule has 0 radical (unpaired) electrons. The van der Waals surface area contributed by atoms with Crippen LogP contribution in [0.1, 0.15) is 24.5 Å². The molecule has 1 amide bonds. The molecule has 0 saturated heterocycles. The molecular formula is C20H26N2O2. The van der Waals surface area contributed by atoms with Crippen LogP contribution in [-0.2, 0) is 17.8 Å². The van der Waals surface area contributed by atoms with E-state index >= 15 is 0 Å². The van der Waals surface area contributed by atoms with Crippen LogP contribution < -0.4 is 10.5 Å². The third-order valence-electron chi connectivity index (χ3n) is 3.79.